The van der Waals surface area contributed by atoms with Crippen molar-refractivity contribution in [3.8, 4) is 0 Å². The van der Waals surface area contributed by atoms with Crippen LogP contribution in [0.2, 0.25) is 0 Å². The number of carbonyl (C=O) groups excluding carboxylic acids is 1. The van der Waals surface area contributed by atoms with E-state index in [1.54, 1.807) is 6.07 Å². The number of para-hydroxylation sites is 2. The fourth-order valence-corrected chi connectivity index (χ4v) is 3.43. The number of nitrogens with one attached hydrogen (secondary N) is 3. The van der Waals surface area contributed by atoms with Crippen LogP contribution in [0, 0.1) is 13.8 Å². The molecule has 29 heavy (non-hydrogen) atoms. The lowest BCUT2D eigenvalue weighted by Gasteiger charge is -2.06. The monoisotopic (exact) mass is 405 g/mol. The van der Waals surface area contributed by atoms with Crippen molar-refractivity contribution in [3.05, 3.63) is 71.5 Å². The molecule has 0 radical (unpaired) electrons. The summed E-state index contributed by atoms with van der Waals surface area (Å²) in [5.41, 5.74) is 7.29. The number of urea groups is 1. The summed E-state index contributed by atoms with van der Waals surface area (Å²) in [6.07, 6.45) is 1.45. The van der Waals surface area contributed by atoms with Gasteiger partial charge in [-0.3, -0.25) is 0 Å². The van der Waals surface area contributed by atoms with Gasteiger partial charge in [0.2, 0.25) is 0 Å². The normalized spacial score (nSPS) is 11.2. The summed E-state index contributed by atoms with van der Waals surface area (Å²) in [4.78, 5) is 19.7. The van der Waals surface area contributed by atoms with Gasteiger partial charge in [0.05, 0.1) is 17.2 Å². The Bertz CT molecular complexity index is 1160. The lowest BCUT2D eigenvalue weighted by molar-refractivity contribution is 0.252. The molecule has 7 nitrogen and oxygen atoms in total. The first-order valence-electron chi connectivity index (χ1n) is 8.96. The molecule has 4 aromatic rings. The number of hydrogen-bond donors (Lipinski definition) is 3. The molecule has 8 heteroatoms. The third kappa shape index (κ3) is 4.67. The van der Waals surface area contributed by atoms with Crippen LogP contribution >= 0.6 is 11.8 Å². The molecule has 3 N–H and O–H groups in total. The highest BCUT2D eigenvalue weighted by atomic mass is 32.2. The number of furan rings is 1. The number of imidazole rings is 1. The Balaban J connectivity index is 1.32. The van der Waals surface area contributed by atoms with Crippen molar-refractivity contribution in [1.29, 1.82) is 0 Å². The van der Waals surface area contributed by atoms with E-state index in [1.807, 2.05) is 62.4 Å². The molecule has 0 saturated carbocycles. The number of aryl methyl sites for hydroxylation is 2. The largest absolute Gasteiger partial charge is 0.448 e. The summed E-state index contributed by atoms with van der Waals surface area (Å²) < 4.78 is 5.69. The average Bonchev–Trinajstić information content (AvgIpc) is 3.31. The highest BCUT2D eigenvalue weighted by Crippen LogP contribution is 2.28. The van der Waals surface area contributed by atoms with Crippen LogP contribution in [0.15, 0.2) is 74.4 Å². The van der Waals surface area contributed by atoms with Crippen LogP contribution in [0.25, 0.3) is 11.0 Å². The van der Waals surface area contributed by atoms with Crippen LogP contribution in [-0.2, 0) is 0 Å². The zero-order valence-corrected chi connectivity index (χ0v) is 16.7. The van der Waals surface area contributed by atoms with Gasteiger partial charge < -0.3 is 14.7 Å². The number of fused-ring (bicyclic) bond motifs is 1. The Morgan fingerprint density at radius 3 is 2.83 bits per heavy atom. The molecule has 2 heterocycles. The van der Waals surface area contributed by atoms with Crippen molar-refractivity contribution in [2.75, 3.05) is 5.32 Å². The maximum Gasteiger partial charge on any atom is 0.339 e. The molecule has 0 aliphatic carbocycles. The number of amides is 2. The van der Waals surface area contributed by atoms with Crippen molar-refractivity contribution in [3.63, 3.8) is 0 Å². The number of benzene rings is 2. The van der Waals surface area contributed by atoms with E-state index in [9.17, 15) is 4.79 Å². The fraction of sp³-hybridized carbons (Fsp3) is 0.0952. The maximum absolute atomic E-state index is 11.9. The van der Waals surface area contributed by atoms with Crippen molar-refractivity contribution < 1.29 is 9.21 Å². The van der Waals surface area contributed by atoms with E-state index in [4.69, 9.17) is 4.42 Å². The maximum atomic E-state index is 11.9. The minimum Gasteiger partial charge on any atom is -0.448 e. The van der Waals surface area contributed by atoms with E-state index in [-0.39, 0.29) is 0 Å². The molecular weight excluding hydrogens is 386 g/mol. The second kappa shape index (κ2) is 8.24. The van der Waals surface area contributed by atoms with Gasteiger partial charge in [-0.25, -0.2) is 15.2 Å². The summed E-state index contributed by atoms with van der Waals surface area (Å²) in [6, 6.07) is 16.7. The topological polar surface area (TPSA) is 95.3 Å². The SMILES string of the molecule is Cc1ccc(NC(=O)N/N=C/c2ccc(Sc3nc4ccccc4[nH]3)o2)cc1C. The first-order chi connectivity index (χ1) is 14.1. The lowest BCUT2D eigenvalue weighted by atomic mass is 10.1. The van der Waals surface area contributed by atoms with Crippen molar-refractivity contribution in [2.24, 2.45) is 5.10 Å². The Morgan fingerprint density at radius 1 is 1.14 bits per heavy atom. The van der Waals surface area contributed by atoms with E-state index in [2.05, 4.69) is 25.8 Å². The Labute approximate surface area is 171 Å². The third-order valence-electron chi connectivity index (χ3n) is 4.29. The van der Waals surface area contributed by atoms with Gasteiger partial charge in [-0.05, 0) is 73.1 Å². The number of aromatic nitrogens is 2. The predicted molar refractivity (Wildman–Crippen MR) is 115 cm³/mol. The Morgan fingerprint density at radius 2 is 2.00 bits per heavy atom. The smallest absolute Gasteiger partial charge is 0.339 e. The van der Waals surface area contributed by atoms with E-state index in [0.717, 1.165) is 21.8 Å². The van der Waals surface area contributed by atoms with E-state index in [1.165, 1.54) is 23.5 Å². The van der Waals surface area contributed by atoms with Gasteiger partial charge in [-0.2, -0.15) is 5.10 Å². The van der Waals surface area contributed by atoms with Gasteiger partial charge in [0, 0.05) is 5.69 Å². The van der Waals surface area contributed by atoms with Crippen LogP contribution < -0.4 is 10.7 Å². The summed E-state index contributed by atoms with van der Waals surface area (Å²) in [5.74, 6) is 0.523. The van der Waals surface area contributed by atoms with Gasteiger partial charge in [0.1, 0.15) is 5.76 Å². The summed E-state index contributed by atoms with van der Waals surface area (Å²) in [5, 5.41) is 8.07. The number of hydrogen-bond acceptors (Lipinski definition) is 5. The molecule has 146 valence electrons. The first-order valence-corrected chi connectivity index (χ1v) is 9.78. The van der Waals surface area contributed by atoms with Crippen LogP contribution in [-0.4, -0.2) is 22.2 Å². The second-order valence-corrected chi connectivity index (χ2v) is 7.43. The molecule has 0 spiro atoms. The van der Waals surface area contributed by atoms with Crippen molar-refractivity contribution in [2.45, 2.75) is 24.1 Å². The Hall–Kier alpha value is -3.52. The minimum absolute atomic E-state index is 0.423. The first kappa shape index (κ1) is 18.8. The van der Waals surface area contributed by atoms with Crippen LogP contribution in [0.3, 0.4) is 0 Å². The van der Waals surface area contributed by atoms with E-state index in [0.29, 0.717) is 16.5 Å². The van der Waals surface area contributed by atoms with Gasteiger partial charge in [-0.15, -0.1) is 0 Å². The molecule has 0 atom stereocenters. The minimum atomic E-state index is -0.423. The fourth-order valence-electron chi connectivity index (χ4n) is 2.66. The van der Waals surface area contributed by atoms with Gasteiger partial charge in [-0.1, -0.05) is 18.2 Å². The number of H-pyrrole nitrogens is 1. The number of rotatable bonds is 5. The summed E-state index contributed by atoms with van der Waals surface area (Å²) in [6.45, 7) is 4.02. The molecule has 0 bridgehead atoms. The molecule has 2 aromatic heterocycles. The standard InChI is InChI=1S/C21H19N5O2S/c1-13-7-8-15(11-14(13)2)23-20(27)26-22-12-16-9-10-19(28-16)29-21-24-17-5-3-4-6-18(17)25-21/h3-12H,1-2H3,(H,24,25)(H2,23,26,27)/b22-12+. The lowest BCUT2D eigenvalue weighted by Crippen LogP contribution is -2.24. The molecule has 0 saturated heterocycles. The van der Waals surface area contributed by atoms with Gasteiger partial charge >= 0.3 is 6.03 Å². The van der Waals surface area contributed by atoms with Gasteiger partial charge in [0.25, 0.3) is 0 Å². The van der Waals surface area contributed by atoms with Crippen molar-refractivity contribution >= 4 is 40.7 Å². The molecule has 2 amide bonds. The van der Waals surface area contributed by atoms with E-state index < -0.39 is 6.03 Å². The molecule has 0 aliphatic heterocycles. The van der Waals surface area contributed by atoms with Crippen molar-refractivity contribution in [1.82, 2.24) is 15.4 Å². The van der Waals surface area contributed by atoms with Crippen LogP contribution in [0.1, 0.15) is 16.9 Å². The third-order valence-corrected chi connectivity index (χ3v) is 5.10. The number of carbonyl (C=O) groups is 1. The average molecular weight is 405 g/mol. The summed E-state index contributed by atoms with van der Waals surface area (Å²) >= 11 is 1.38. The second-order valence-electron chi connectivity index (χ2n) is 6.44. The summed E-state index contributed by atoms with van der Waals surface area (Å²) in [7, 11) is 0. The highest BCUT2D eigenvalue weighted by Gasteiger charge is 2.08. The predicted octanol–water partition coefficient (Wildman–Crippen LogP) is 5.08. The zero-order valence-electron chi connectivity index (χ0n) is 15.9. The number of nitrogens with zero attached hydrogens (tertiary/aromatic N) is 2. The number of hydrazone groups is 1. The van der Waals surface area contributed by atoms with E-state index >= 15 is 0 Å². The molecule has 4 rings (SSSR count). The van der Waals surface area contributed by atoms with Gasteiger partial charge in [0.15, 0.2) is 10.2 Å². The highest BCUT2D eigenvalue weighted by molar-refractivity contribution is 7.99. The molecule has 0 fully saturated rings. The Kier molecular flexibility index (Phi) is 5.35. The molecule has 0 unspecified atom stereocenters. The molecule has 2 aromatic carbocycles. The van der Waals surface area contributed by atoms with Crippen LogP contribution in [0.5, 0.6) is 0 Å². The zero-order chi connectivity index (χ0) is 20.2. The van der Waals surface area contributed by atoms with Crippen LogP contribution in [0.4, 0.5) is 10.5 Å². The molecule has 0 aliphatic rings. The number of anilines is 1. The number of aromatic amines is 1. The molecular formula is C21H19N5O2S. The quantitative estimate of drug-likeness (QED) is 0.319.